The molecule has 142 valence electrons. The van der Waals surface area contributed by atoms with Crippen molar-refractivity contribution in [1.29, 1.82) is 0 Å². The molecule has 1 fully saturated rings. The van der Waals surface area contributed by atoms with E-state index in [1.807, 2.05) is 59.5 Å². The Balaban J connectivity index is 1.41. The van der Waals surface area contributed by atoms with E-state index in [1.165, 1.54) is 0 Å². The van der Waals surface area contributed by atoms with E-state index in [2.05, 4.69) is 10.3 Å². The number of aromatic nitrogens is 2. The van der Waals surface area contributed by atoms with Gasteiger partial charge < -0.3 is 10.2 Å². The number of nitrogens with one attached hydrogen (secondary N) is 1. The smallest absolute Gasteiger partial charge is 0.270 e. The van der Waals surface area contributed by atoms with Crippen LogP contribution in [0.25, 0.3) is 5.69 Å². The summed E-state index contributed by atoms with van der Waals surface area (Å²) >= 11 is 0. The Hall–Kier alpha value is -3.41. The molecule has 1 aliphatic heterocycles. The topological polar surface area (TPSA) is 67.2 Å². The van der Waals surface area contributed by atoms with Crippen molar-refractivity contribution < 1.29 is 9.59 Å². The molecule has 3 aromatic rings. The van der Waals surface area contributed by atoms with E-state index >= 15 is 0 Å². The van der Waals surface area contributed by atoms with Gasteiger partial charge in [0.05, 0.1) is 12.5 Å². The molecule has 6 heteroatoms. The van der Waals surface area contributed by atoms with Gasteiger partial charge in [0, 0.05) is 31.7 Å². The highest BCUT2D eigenvalue weighted by Gasteiger charge is 2.20. The van der Waals surface area contributed by atoms with Crippen LogP contribution in [0.1, 0.15) is 34.5 Å². The Bertz CT molecular complexity index is 981. The lowest BCUT2D eigenvalue weighted by atomic mass is 10.1. The minimum absolute atomic E-state index is 0.179. The molecule has 1 aliphatic rings. The SMILES string of the molecule is O=C(NCc1cccc(CN2CCCC2=O)c1)c1cncn1-c1ccccc1. The molecule has 0 spiro atoms. The summed E-state index contributed by atoms with van der Waals surface area (Å²) < 4.78 is 1.77. The number of hydrogen-bond donors (Lipinski definition) is 1. The predicted octanol–water partition coefficient (Wildman–Crippen LogP) is 2.92. The first kappa shape index (κ1) is 18.0. The summed E-state index contributed by atoms with van der Waals surface area (Å²) in [5.41, 5.74) is 3.46. The van der Waals surface area contributed by atoms with Gasteiger partial charge in [-0.2, -0.15) is 0 Å². The van der Waals surface area contributed by atoms with Gasteiger partial charge in [0.15, 0.2) is 0 Å². The molecule has 0 unspecified atom stereocenters. The standard InChI is InChI=1S/C22H22N4O2/c27-21-10-5-11-25(21)15-18-7-4-6-17(12-18)13-24-22(28)20-14-23-16-26(20)19-8-2-1-3-9-19/h1-4,6-9,12,14,16H,5,10-11,13,15H2,(H,24,28). The summed E-state index contributed by atoms with van der Waals surface area (Å²) in [6.45, 7) is 1.87. The summed E-state index contributed by atoms with van der Waals surface area (Å²) in [6, 6.07) is 17.6. The lowest BCUT2D eigenvalue weighted by molar-refractivity contribution is -0.128. The number of likely N-dealkylation sites (tertiary alicyclic amines) is 1. The van der Waals surface area contributed by atoms with Crippen molar-refractivity contribution >= 4 is 11.8 Å². The molecule has 2 amide bonds. The molecule has 0 atom stereocenters. The summed E-state index contributed by atoms with van der Waals surface area (Å²) in [4.78, 5) is 30.5. The van der Waals surface area contributed by atoms with Gasteiger partial charge in [-0.1, -0.05) is 42.5 Å². The third-order valence-corrected chi connectivity index (χ3v) is 4.89. The average Bonchev–Trinajstić information content (AvgIpc) is 3.37. The zero-order chi connectivity index (χ0) is 19.3. The van der Waals surface area contributed by atoms with Gasteiger partial charge in [-0.3, -0.25) is 14.2 Å². The van der Waals surface area contributed by atoms with Gasteiger partial charge in [0.25, 0.3) is 5.91 Å². The molecule has 4 rings (SSSR count). The molecule has 1 aromatic heterocycles. The van der Waals surface area contributed by atoms with Crippen molar-refractivity contribution in [2.45, 2.75) is 25.9 Å². The van der Waals surface area contributed by atoms with Gasteiger partial charge in [0.2, 0.25) is 5.91 Å². The van der Waals surface area contributed by atoms with E-state index in [9.17, 15) is 9.59 Å². The van der Waals surface area contributed by atoms with Crippen LogP contribution in [0, 0.1) is 0 Å². The maximum atomic E-state index is 12.7. The highest BCUT2D eigenvalue weighted by molar-refractivity contribution is 5.93. The van der Waals surface area contributed by atoms with Crippen LogP contribution in [0.15, 0.2) is 67.1 Å². The van der Waals surface area contributed by atoms with Crippen LogP contribution >= 0.6 is 0 Å². The third kappa shape index (κ3) is 3.96. The number of para-hydroxylation sites is 1. The number of rotatable bonds is 6. The maximum absolute atomic E-state index is 12.7. The Kier molecular flexibility index (Phi) is 5.19. The monoisotopic (exact) mass is 374 g/mol. The minimum Gasteiger partial charge on any atom is -0.347 e. The van der Waals surface area contributed by atoms with E-state index in [-0.39, 0.29) is 11.8 Å². The second kappa shape index (κ2) is 8.08. The summed E-state index contributed by atoms with van der Waals surface area (Å²) in [5, 5.41) is 2.96. The molecule has 0 saturated carbocycles. The fraction of sp³-hybridized carbons (Fsp3) is 0.227. The van der Waals surface area contributed by atoms with Crippen molar-refractivity contribution in [3.05, 3.63) is 83.9 Å². The number of hydrogen-bond acceptors (Lipinski definition) is 3. The lowest BCUT2D eigenvalue weighted by Crippen LogP contribution is -2.25. The van der Waals surface area contributed by atoms with Gasteiger partial charge >= 0.3 is 0 Å². The van der Waals surface area contributed by atoms with E-state index < -0.39 is 0 Å². The Labute approximate surface area is 163 Å². The second-order valence-corrected chi connectivity index (χ2v) is 6.91. The lowest BCUT2D eigenvalue weighted by Gasteiger charge is -2.16. The number of nitrogens with zero attached hydrogens (tertiary/aromatic N) is 3. The first-order valence-electron chi connectivity index (χ1n) is 9.42. The van der Waals surface area contributed by atoms with E-state index in [4.69, 9.17) is 0 Å². The minimum atomic E-state index is -0.179. The van der Waals surface area contributed by atoms with Gasteiger partial charge in [-0.05, 0) is 29.7 Å². The Morgan fingerprint density at radius 1 is 1.07 bits per heavy atom. The summed E-state index contributed by atoms with van der Waals surface area (Å²) in [6.07, 6.45) is 4.78. The largest absolute Gasteiger partial charge is 0.347 e. The fourth-order valence-electron chi connectivity index (χ4n) is 3.46. The van der Waals surface area contributed by atoms with E-state index in [0.717, 1.165) is 29.8 Å². The summed E-state index contributed by atoms with van der Waals surface area (Å²) in [5.74, 6) is 0.0364. The van der Waals surface area contributed by atoms with Crippen molar-refractivity contribution in [2.75, 3.05) is 6.54 Å². The molecule has 0 radical (unpaired) electrons. The van der Waals surface area contributed by atoms with Gasteiger partial charge in [-0.15, -0.1) is 0 Å². The van der Waals surface area contributed by atoms with Crippen LogP contribution < -0.4 is 5.32 Å². The van der Waals surface area contributed by atoms with Crippen molar-refractivity contribution in [1.82, 2.24) is 19.8 Å². The normalized spacial score (nSPS) is 13.7. The van der Waals surface area contributed by atoms with Crippen molar-refractivity contribution in [3.63, 3.8) is 0 Å². The first-order valence-corrected chi connectivity index (χ1v) is 9.42. The van der Waals surface area contributed by atoms with Crippen LogP contribution in [0.2, 0.25) is 0 Å². The van der Waals surface area contributed by atoms with Gasteiger partial charge in [-0.25, -0.2) is 4.98 Å². The molecule has 0 aliphatic carbocycles. The van der Waals surface area contributed by atoms with Gasteiger partial charge in [0.1, 0.15) is 5.69 Å². The Morgan fingerprint density at radius 3 is 2.68 bits per heavy atom. The molecular weight excluding hydrogens is 352 g/mol. The van der Waals surface area contributed by atoms with Crippen LogP contribution in [0.3, 0.4) is 0 Å². The van der Waals surface area contributed by atoms with Crippen molar-refractivity contribution in [2.24, 2.45) is 0 Å². The fourth-order valence-corrected chi connectivity index (χ4v) is 3.46. The van der Waals surface area contributed by atoms with Crippen LogP contribution in [-0.4, -0.2) is 32.8 Å². The highest BCUT2D eigenvalue weighted by atomic mass is 16.2. The van der Waals surface area contributed by atoms with Crippen LogP contribution in [0.5, 0.6) is 0 Å². The van der Waals surface area contributed by atoms with E-state index in [1.54, 1.807) is 17.1 Å². The maximum Gasteiger partial charge on any atom is 0.270 e. The molecule has 0 bridgehead atoms. The van der Waals surface area contributed by atoms with Crippen molar-refractivity contribution in [3.8, 4) is 5.69 Å². The van der Waals surface area contributed by atoms with Crippen LogP contribution in [-0.2, 0) is 17.9 Å². The number of amides is 2. The molecule has 2 heterocycles. The Morgan fingerprint density at radius 2 is 1.89 bits per heavy atom. The first-order chi connectivity index (χ1) is 13.7. The molecule has 1 saturated heterocycles. The van der Waals surface area contributed by atoms with E-state index in [0.29, 0.717) is 25.2 Å². The number of carbonyl (C=O) groups excluding carboxylic acids is 2. The number of imidazole rings is 1. The third-order valence-electron chi connectivity index (χ3n) is 4.89. The number of benzene rings is 2. The zero-order valence-electron chi connectivity index (χ0n) is 15.5. The second-order valence-electron chi connectivity index (χ2n) is 6.91. The molecule has 1 N–H and O–H groups in total. The quantitative estimate of drug-likeness (QED) is 0.721. The highest BCUT2D eigenvalue weighted by Crippen LogP contribution is 2.15. The molecule has 6 nitrogen and oxygen atoms in total. The predicted molar refractivity (Wildman–Crippen MR) is 106 cm³/mol. The van der Waals surface area contributed by atoms with Crippen LogP contribution in [0.4, 0.5) is 0 Å². The average molecular weight is 374 g/mol. The number of carbonyl (C=O) groups is 2. The molecule has 28 heavy (non-hydrogen) atoms. The summed E-state index contributed by atoms with van der Waals surface area (Å²) in [7, 11) is 0. The zero-order valence-corrected chi connectivity index (χ0v) is 15.5. The molecule has 2 aromatic carbocycles. The molecular formula is C22H22N4O2.